The number of sulfonamides is 1. The lowest BCUT2D eigenvalue weighted by Crippen LogP contribution is -2.33. The summed E-state index contributed by atoms with van der Waals surface area (Å²) in [6.45, 7) is 4.64. The summed E-state index contributed by atoms with van der Waals surface area (Å²) >= 11 is 0. The third-order valence-electron chi connectivity index (χ3n) is 4.34. The summed E-state index contributed by atoms with van der Waals surface area (Å²) in [5.41, 5.74) is -0.446. The van der Waals surface area contributed by atoms with E-state index in [2.05, 4.69) is 11.6 Å². The van der Waals surface area contributed by atoms with Crippen molar-refractivity contribution in [1.29, 1.82) is 0 Å². The molecule has 0 fully saturated rings. The Bertz CT molecular complexity index is 1270. The van der Waals surface area contributed by atoms with E-state index in [-0.39, 0.29) is 18.8 Å². The molecule has 0 bridgehead atoms. The van der Waals surface area contributed by atoms with Gasteiger partial charge < -0.3 is 0 Å². The zero-order chi connectivity index (χ0) is 22.1. The fourth-order valence-electron chi connectivity index (χ4n) is 2.98. The van der Waals surface area contributed by atoms with Crippen LogP contribution in [0.1, 0.15) is 16.8 Å². The molecule has 0 aliphatic rings. The summed E-state index contributed by atoms with van der Waals surface area (Å²) in [6.07, 6.45) is -2.00. The maximum Gasteiger partial charge on any atom is 0.417 e. The van der Waals surface area contributed by atoms with Gasteiger partial charge in [0.25, 0.3) is 5.56 Å². The lowest BCUT2D eigenvalue weighted by atomic mass is 10.2. The summed E-state index contributed by atoms with van der Waals surface area (Å²) in [7, 11) is -4.55. The summed E-state index contributed by atoms with van der Waals surface area (Å²) in [5, 5.41) is 0. The van der Waals surface area contributed by atoms with Crippen LogP contribution in [0, 0.1) is 6.92 Å². The number of benzene rings is 1. The lowest BCUT2D eigenvalue weighted by Gasteiger charge is -2.22. The minimum atomic E-state index is -4.85. The van der Waals surface area contributed by atoms with Gasteiger partial charge in [-0.3, -0.25) is 9.20 Å². The molecule has 2 aromatic heterocycles. The first-order valence-corrected chi connectivity index (χ1v) is 10.2. The van der Waals surface area contributed by atoms with Crippen LogP contribution in [-0.4, -0.2) is 28.7 Å². The van der Waals surface area contributed by atoms with Crippen molar-refractivity contribution in [2.24, 2.45) is 0 Å². The minimum Gasteiger partial charge on any atom is -0.269 e. The Morgan fingerprint density at radius 2 is 1.90 bits per heavy atom. The van der Waals surface area contributed by atoms with Gasteiger partial charge in [0.1, 0.15) is 5.65 Å². The molecular weight excluding hydrogens is 419 g/mol. The predicted octanol–water partition coefficient (Wildman–Crippen LogP) is 3.40. The number of hydrogen-bond acceptors (Lipinski definition) is 4. The highest BCUT2D eigenvalue weighted by Gasteiger charge is 2.38. The van der Waals surface area contributed by atoms with Crippen LogP contribution in [0.3, 0.4) is 0 Å². The second-order valence-corrected chi connectivity index (χ2v) is 8.51. The van der Waals surface area contributed by atoms with Crippen molar-refractivity contribution in [2.45, 2.75) is 24.5 Å². The van der Waals surface area contributed by atoms with E-state index in [1.165, 1.54) is 16.5 Å². The van der Waals surface area contributed by atoms with Crippen LogP contribution in [0.5, 0.6) is 0 Å². The van der Waals surface area contributed by atoms with Crippen molar-refractivity contribution in [3.8, 4) is 0 Å². The van der Waals surface area contributed by atoms with Gasteiger partial charge in [0, 0.05) is 18.8 Å². The fourth-order valence-corrected chi connectivity index (χ4v) is 4.57. The van der Waals surface area contributed by atoms with Crippen molar-refractivity contribution >= 4 is 15.7 Å². The number of aryl methyl sites for hydroxylation is 1. The van der Waals surface area contributed by atoms with E-state index >= 15 is 0 Å². The second kappa shape index (κ2) is 8.04. The number of nitrogens with zero attached hydrogens (tertiary/aromatic N) is 3. The van der Waals surface area contributed by atoms with Gasteiger partial charge in [-0.1, -0.05) is 24.3 Å². The van der Waals surface area contributed by atoms with Crippen molar-refractivity contribution in [1.82, 2.24) is 13.7 Å². The van der Waals surface area contributed by atoms with E-state index in [4.69, 9.17) is 0 Å². The van der Waals surface area contributed by atoms with Crippen LogP contribution in [0.4, 0.5) is 13.2 Å². The number of pyridine rings is 1. The standard InChI is InChI=1S/C20H18F3N3O3S/c1-3-10-25(30(28,29)17-7-5-4-6-16(17)20(21,22)23)13-15-11-19(27)26-12-14(2)8-9-18(26)24-15/h3-9,11-12H,1,10,13H2,2H3. The molecule has 1 aromatic carbocycles. The highest BCUT2D eigenvalue weighted by molar-refractivity contribution is 7.89. The van der Waals surface area contributed by atoms with E-state index in [0.29, 0.717) is 11.7 Å². The van der Waals surface area contributed by atoms with E-state index in [9.17, 15) is 26.4 Å². The predicted molar refractivity (Wildman–Crippen MR) is 105 cm³/mol. The smallest absolute Gasteiger partial charge is 0.269 e. The number of fused-ring (bicyclic) bond motifs is 1. The van der Waals surface area contributed by atoms with E-state index in [0.717, 1.165) is 28.1 Å². The Hall–Kier alpha value is -2.98. The van der Waals surface area contributed by atoms with Crippen LogP contribution in [0.15, 0.2) is 71.0 Å². The van der Waals surface area contributed by atoms with Crippen molar-refractivity contribution in [3.05, 3.63) is 88.5 Å². The second-order valence-electron chi connectivity index (χ2n) is 6.60. The molecule has 6 nitrogen and oxygen atoms in total. The van der Waals surface area contributed by atoms with Gasteiger partial charge in [0.05, 0.1) is 22.7 Å². The highest BCUT2D eigenvalue weighted by atomic mass is 32.2. The lowest BCUT2D eigenvalue weighted by molar-refractivity contribution is -0.139. The number of aromatic nitrogens is 2. The summed E-state index contributed by atoms with van der Waals surface area (Å²) < 4.78 is 68.3. The Labute approximate surface area is 171 Å². The third kappa shape index (κ3) is 4.29. The topological polar surface area (TPSA) is 71.8 Å². The Morgan fingerprint density at radius 1 is 1.20 bits per heavy atom. The number of rotatable bonds is 6. The summed E-state index contributed by atoms with van der Waals surface area (Å²) in [4.78, 5) is 15.8. The van der Waals surface area contributed by atoms with Crippen LogP contribution >= 0.6 is 0 Å². The first kappa shape index (κ1) is 21.7. The summed E-state index contributed by atoms with van der Waals surface area (Å²) in [5.74, 6) is 0. The average molecular weight is 437 g/mol. The molecule has 0 spiro atoms. The summed E-state index contributed by atoms with van der Waals surface area (Å²) in [6, 6.07) is 8.45. The molecular formula is C20H18F3N3O3S. The van der Waals surface area contributed by atoms with Gasteiger partial charge in [-0.2, -0.15) is 17.5 Å². The van der Waals surface area contributed by atoms with Crippen LogP contribution in [0.2, 0.25) is 0 Å². The molecule has 0 N–H and O–H groups in total. The number of halogens is 3. The molecule has 0 amide bonds. The SMILES string of the molecule is C=CCN(Cc1cc(=O)n2cc(C)ccc2n1)S(=O)(=O)c1ccccc1C(F)(F)F. The van der Waals surface area contributed by atoms with E-state index < -0.39 is 32.2 Å². The normalized spacial score (nSPS) is 12.4. The first-order chi connectivity index (χ1) is 14.0. The molecule has 0 saturated carbocycles. The Morgan fingerprint density at radius 3 is 2.57 bits per heavy atom. The zero-order valence-electron chi connectivity index (χ0n) is 15.9. The largest absolute Gasteiger partial charge is 0.417 e. The van der Waals surface area contributed by atoms with Gasteiger partial charge in [-0.25, -0.2) is 13.4 Å². The van der Waals surface area contributed by atoms with Crippen LogP contribution < -0.4 is 5.56 Å². The van der Waals surface area contributed by atoms with Crippen LogP contribution in [-0.2, 0) is 22.7 Å². The number of hydrogen-bond donors (Lipinski definition) is 0. The molecule has 0 unspecified atom stereocenters. The first-order valence-electron chi connectivity index (χ1n) is 8.80. The van der Waals surface area contributed by atoms with Crippen LogP contribution in [0.25, 0.3) is 5.65 Å². The van der Waals surface area contributed by atoms with E-state index in [1.807, 2.05) is 0 Å². The van der Waals surface area contributed by atoms with Crippen molar-refractivity contribution < 1.29 is 21.6 Å². The van der Waals surface area contributed by atoms with Crippen molar-refractivity contribution in [2.75, 3.05) is 6.54 Å². The molecule has 10 heteroatoms. The zero-order valence-corrected chi connectivity index (χ0v) is 16.7. The average Bonchev–Trinajstić information content (AvgIpc) is 2.67. The molecule has 3 rings (SSSR count). The molecule has 158 valence electrons. The highest BCUT2D eigenvalue weighted by Crippen LogP contribution is 2.35. The molecule has 3 aromatic rings. The molecule has 0 radical (unpaired) electrons. The third-order valence-corrected chi connectivity index (χ3v) is 6.21. The van der Waals surface area contributed by atoms with Gasteiger partial charge in [-0.15, -0.1) is 6.58 Å². The minimum absolute atomic E-state index is 0.110. The Balaban J connectivity index is 2.07. The fraction of sp³-hybridized carbons (Fsp3) is 0.200. The molecule has 30 heavy (non-hydrogen) atoms. The van der Waals surface area contributed by atoms with E-state index in [1.54, 1.807) is 25.3 Å². The van der Waals surface area contributed by atoms with Gasteiger partial charge in [-0.05, 0) is 30.7 Å². The maximum absolute atomic E-state index is 13.4. The molecule has 0 saturated heterocycles. The quantitative estimate of drug-likeness (QED) is 0.554. The monoisotopic (exact) mass is 437 g/mol. The maximum atomic E-state index is 13.4. The van der Waals surface area contributed by atoms with Gasteiger partial charge in [0.15, 0.2) is 0 Å². The molecule has 0 aliphatic heterocycles. The molecule has 0 atom stereocenters. The van der Waals surface area contributed by atoms with Crippen molar-refractivity contribution in [3.63, 3.8) is 0 Å². The number of alkyl halides is 3. The molecule has 2 heterocycles. The van der Waals surface area contributed by atoms with Gasteiger partial charge >= 0.3 is 6.18 Å². The molecule has 0 aliphatic carbocycles. The Kier molecular flexibility index (Phi) is 5.82. The van der Waals surface area contributed by atoms with Gasteiger partial charge in [0.2, 0.25) is 10.0 Å².